The van der Waals surface area contributed by atoms with Crippen molar-refractivity contribution in [2.45, 2.75) is 13.8 Å². The molecular formula is C27H31N7O. The zero-order chi connectivity index (χ0) is 24.6. The number of amides is 1. The molecule has 0 bridgehead atoms. The first-order valence-corrected chi connectivity index (χ1v) is 11.8. The average molecular weight is 470 g/mol. The molecule has 0 saturated carbocycles. The van der Waals surface area contributed by atoms with E-state index in [1.54, 1.807) is 6.20 Å². The zero-order valence-electron chi connectivity index (χ0n) is 20.4. The number of carbonyl (C=O) groups excluding carboxylic acids is 1. The van der Waals surface area contributed by atoms with E-state index in [0.717, 1.165) is 35.6 Å². The number of aromatic nitrogens is 2. The fraction of sp³-hybridized carbons (Fsp3) is 0.296. The number of nitrogens with one attached hydrogen (secondary N) is 3. The molecule has 2 aliphatic rings. The number of hydrogen-bond acceptors (Lipinski definition) is 7. The predicted molar refractivity (Wildman–Crippen MR) is 142 cm³/mol. The quantitative estimate of drug-likeness (QED) is 0.441. The molecule has 0 atom stereocenters. The van der Waals surface area contributed by atoms with Crippen molar-refractivity contribution < 1.29 is 4.79 Å². The van der Waals surface area contributed by atoms with E-state index in [9.17, 15) is 4.79 Å². The van der Waals surface area contributed by atoms with Crippen LogP contribution in [0.5, 0.6) is 0 Å². The molecule has 0 radical (unpaired) electrons. The van der Waals surface area contributed by atoms with Crippen molar-refractivity contribution in [3.05, 3.63) is 72.4 Å². The number of nitrogens with zero attached hydrogens (tertiary/aromatic N) is 4. The Morgan fingerprint density at radius 3 is 2.51 bits per heavy atom. The Morgan fingerprint density at radius 2 is 1.80 bits per heavy atom. The number of benzene rings is 2. The molecule has 1 aromatic heterocycles. The van der Waals surface area contributed by atoms with Crippen molar-refractivity contribution in [3.8, 4) is 0 Å². The molecule has 2 saturated heterocycles. The lowest BCUT2D eigenvalue weighted by Crippen LogP contribution is -2.71. The third kappa shape index (κ3) is 4.83. The second-order valence-electron chi connectivity index (χ2n) is 9.78. The molecule has 35 heavy (non-hydrogen) atoms. The molecule has 3 N–H and O–H groups in total. The van der Waals surface area contributed by atoms with Gasteiger partial charge in [-0.05, 0) is 68.9 Å². The minimum absolute atomic E-state index is 0.252. The Bertz CT molecular complexity index is 1270. The normalized spacial score (nSPS) is 16.3. The molecule has 8 heteroatoms. The first-order valence-electron chi connectivity index (χ1n) is 11.8. The number of aryl methyl sites for hydroxylation is 2. The summed E-state index contributed by atoms with van der Waals surface area (Å²) in [6, 6.07) is 14.0. The van der Waals surface area contributed by atoms with Crippen LogP contribution in [0.25, 0.3) is 0 Å². The van der Waals surface area contributed by atoms with Crippen LogP contribution in [-0.2, 0) is 4.79 Å². The van der Waals surface area contributed by atoms with Gasteiger partial charge < -0.3 is 25.8 Å². The maximum atomic E-state index is 11.6. The SMILES string of the molecule is C=CC(=O)Nc1cccc(Nc2nc(Nc3ccc(N4CC5(CN(C)C5)C4)cc3C)ncc2C)c1. The van der Waals surface area contributed by atoms with Crippen LogP contribution in [0.4, 0.5) is 34.5 Å². The van der Waals surface area contributed by atoms with Crippen LogP contribution in [0.15, 0.2) is 61.3 Å². The lowest BCUT2D eigenvalue weighted by atomic mass is 9.73. The molecule has 3 aromatic rings. The summed E-state index contributed by atoms with van der Waals surface area (Å²) in [5.41, 5.74) is 6.31. The number of hydrogen-bond donors (Lipinski definition) is 3. The number of carbonyl (C=O) groups is 1. The molecule has 1 amide bonds. The highest BCUT2D eigenvalue weighted by Crippen LogP contribution is 2.41. The monoisotopic (exact) mass is 469 g/mol. The molecule has 5 rings (SSSR count). The lowest BCUT2D eigenvalue weighted by molar-refractivity contribution is -0.111. The van der Waals surface area contributed by atoms with E-state index in [1.165, 1.54) is 24.9 Å². The summed E-state index contributed by atoms with van der Waals surface area (Å²) in [4.78, 5) is 25.6. The van der Waals surface area contributed by atoms with Gasteiger partial charge in [0.1, 0.15) is 5.82 Å². The van der Waals surface area contributed by atoms with Gasteiger partial charge in [0.05, 0.1) is 0 Å². The molecule has 180 valence electrons. The third-order valence-electron chi connectivity index (χ3n) is 6.63. The molecule has 2 fully saturated rings. The Hall–Kier alpha value is -3.91. The first kappa shape index (κ1) is 22.9. The van der Waals surface area contributed by atoms with Crippen molar-refractivity contribution in [2.75, 3.05) is 54.1 Å². The standard InChI is InChI=1S/C27H31N7O/c1-5-24(35)29-20-7-6-8-21(12-20)30-25-19(3)13-28-26(32-25)31-23-10-9-22(11-18(23)2)34-16-27(17-34)14-33(4)15-27/h5-13H,1,14-17H2,2-4H3,(H,29,35)(H2,28,30,31,32). The van der Waals surface area contributed by atoms with E-state index in [4.69, 9.17) is 0 Å². The van der Waals surface area contributed by atoms with Gasteiger partial charge >= 0.3 is 0 Å². The largest absolute Gasteiger partial charge is 0.370 e. The van der Waals surface area contributed by atoms with Crippen LogP contribution in [0.1, 0.15) is 11.1 Å². The van der Waals surface area contributed by atoms with Crippen molar-refractivity contribution in [3.63, 3.8) is 0 Å². The van der Waals surface area contributed by atoms with E-state index in [0.29, 0.717) is 22.9 Å². The summed E-state index contributed by atoms with van der Waals surface area (Å²) in [5.74, 6) is 0.961. The minimum atomic E-state index is -0.252. The summed E-state index contributed by atoms with van der Waals surface area (Å²) in [6.07, 6.45) is 3.04. The first-order chi connectivity index (χ1) is 16.8. The van der Waals surface area contributed by atoms with Crippen LogP contribution >= 0.6 is 0 Å². The summed E-state index contributed by atoms with van der Waals surface area (Å²) in [7, 11) is 2.19. The fourth-order valence-corrected chi connectivity index (χ4v) is 4.98. The fourth-order valence-electron chi connectivity index (χ4n) is 4.98. The van der Waals surface area contributed by atoms with Gasteiger partial charge in [-0.3, -0.25) is 4.79 Å². The summed E-state index contributed by atoms with van der Waals surface area (Å²) in [6.45, 7) is 12.2. The highest BCUT2D eigenvalue weighted by Gasteiger charge is 2.50. The Kier molecular flexibility index (Phi) is 5.90. The molecule has 1 spiro atoms. The second kappa shape index (κ2) is 9.03. The molecule has 0 unspecified atom stereocenters. The summed E-state index contributed by atoms with van der Waals surface area (Å²) < 4.78 is 0. The summed E-state index contributed by atoms with van der Waals surface area (Å²) >= 11 is 0. The highest BCUT2D eigenvalue weighted by atomic mass is 16.1. The van der Waals surface area contributed by atoms with Crippen LogP contribution in [-0.4, -0.2) is 54.0 Å². The van der Waals surface area contributed by atoms with Gasteiger partial charge in [-0.1, -0.05) is 12.6 Å². The van der Waals surface area contributed by atoms with E-state index in [-0.39, 0.29) is 5.91 Å². The smallest absolute Gasteiger partial charge is 0.247 e. The van der Waals surface area contributed by atoms with Crippen LogP contribution in [0, 0.1) is 19.3 Å². The van der Waals surface area contributed by atoms with Crippen molar-refractivity contribution in [1.29, 1.82) is 0 Å². The number of anilines is 6. The van der Waals surface area contributed by atoms with Crippen LogP contribution in [0.2, 0.25) is 0 Å². The van der Waals surface area contributed by atoms with Gasteiger partial charge in [0.15, 0.2) is 0 Å². The van der Waals surface area contributed by atoms with Gasteiger partial charge in [0.2, 0.25) is 11.9 Å². The average Bonchev–Trinajstić information content (AvgIpc) is 2.79. The molecule has 8 nitrogen and oxygen atoms in total. The molecular weight excluding hydrogens is 438 g/mol. The zero-order valence-corrected chi connectivity index (χ0v) is 20.4. The Morgan fingerprint density at radius 1 is 1.03 bits per heavy atom. The maximum Gasteiger partial charge on any atom is 0.247 e. The van der Waals surface area contributed by atoms with Gasteiger partial charge in [0.25, 0.3) is 0 Å². The van der Waals surface area contributed by atoms with Gasteiger partial charge in [-0.2, -0.15) is 4.98 Å². The predicted octanol–water partition coefficient (Wildman–Crippen LogP) is 4.46. The van der Waals surface area contributed by atoms with Crippen molar-refractivity contribution >= 4 is 40.4 Å². The molecule has 2 aliphatic heterocycles. The second-order valence-corrected chi connectivity index (χ2v) is 9.78. The van der Waals surface area contributed by atoms with Crippen molar-refractivity contribution in [2.24, 2.45) is 5.41 Å². The van der Waals surface area contributed by atoms with E-state index < -0.39 is 0 Å². The van der Waals surface area contributed by atoms with Crippen LogP contribution < -0.4 is 20.9 Å². The van der Waals surface area contributed by atoms with E-state index in [1.807, 2.05) is 31.2 Å². The maximum absolute atomic E-state index is 11.6. The highest BCUT2D eigenvalue weighted by molar-refractivity contribution is 5.99. The lowest BCUT2D eigenvalue weighted by Gasteiger charge is -2.60. The molecule has 0 aliphatic carbocycles. The van der Waals surface area contributed by atoms with Gasteiger partial charge in [0, 0.05) is 66.1 Å². The molecule has 3 heterocycles. The van der Waals surface area contributed by atoms with Gasteiger partial charge in [-0.25, -0.2) is 4.98 Å². The Labute approximate surface area is 206 Å². The van der Waals surface area contributed by atoms with E-state index >= 15 is 0 Å². The van der Waals surface area contributed by atoms with E-state index in [2.05, 4.69) is 74.5 Å². The summed E-state index contributed by atoms with van der Waals surface area (Å²) in [5, 5.41) is 9.46. The number of likely N-dealkylation sites (tertiary alicyclic amines) is 1. The molecule has 2 aromatic carbocycles. The van der Waals surface area contributed by atoms with Crippen molar-refractivity contribution in [1.82, 2.24) is 14.9 Å². The minimum Gasteiger partial charge on any atom is -0.370 e. The van der Waals surface area contributed by atoms with Crippen LogP contribution in [0.3, 0.4) is 0 Å². The third-order valence-corrected chi connectivity index (χ3v) is 6.63. The van der Waals surface area contributed by atoms with Gasteiger partial charge in [-0.15, -0.1) is 0 Å². The Balaban J connectivity index is 1.27. The number of rotatable bonds is 7. The topological polar surface area (TPSA) is 85.4 Å².